The lowest BCUT2D eigenvalue weighted by Crippen LogP contribution is -1.92. The van der Waals surface area contributed by atoms with E-state index in [1.54, 1.807) is 24.3 Å². The predicted molar refractivity (Wildman–Crippen MR) is 107 cm³/mol. The first-order valence-electron chi connectivity index (χ1n) is 4.93. The SMILES string of the molecule is Oc1c(I)ccc(Oc2ccc(I)c(O)c2I)c1I. The molecule has 19 heavy (non-hydrogen) atoms. The quantitative estimate of drug-likeness (QED) is 0.417. The van der Waals surface area contributed by atoms with Gasteiger partial charge in [0.25, 0.3) is 0 Å². The van der Waals surface area contributed by atoms with E-state index in [2.05, 4.69) is 45.2 Å². The average molecular weight is 706 g/mol. The van der Waals surface area contributed by atoms with Crippen molar-refractivity contribution >= 4 is 90.4 Å². The summed E-state index contributed by atoms with van der Waals surface area (Å²) in [5.74, 6) is 1.56. The van der Waals surface area contributed by atoms with Gasteiger partial charge in [-0.05, 0) is 115 Å². The third-order valence-electron chi connectivity index (χ3n) is 2.28. The van der Waals surface area contributed by atoms with E-state index in [9.17, 15) is 10.2 Å². The van der Waals surface area contributed by atoms with Gasteiger partial charge in [-0.15, -0.1) is 0 Å². The van der Waals surface area contributed by atoms with E-state index >= 15 is 0 Å². The molecule has 7 heteroatoms. The van der Waals surface area contributed by atoms with Crippen LogP contribution in [-0.2, 0) is 0 Å². The highest BCUT2D eigenvalue weighted by Gasteiger charge is 2.14. The van der Waals surface area contributed by atoms with E-state index in [-0.39, 0.29) is 11.5 Å². The maximum absolute atomic E-state index is 9.89. The molecule has 0 saturated carbocycles. The number of benzene rings is 2. The van der Waals surface area contributed by atoms with Crippen LogP contribution in [-0.4, -0.2) is 10.2 Å². The van der Waals surface area contributed by atoms with Crippen LogP contribution in [0.1, 0.15) is 0 Å². The van der Waals surface area contributed by atoms with Crippen molar-refractivity contribution in [3.05, 3.63) is 38.5 Å². The van der Waals surface area contributed by atoms with Crippen LogP contribution >= 0.6 is 90.4 Å². The van der Waals surface area contributed by atoms with Crippen LogP contribution in [0.4, 0.5) is 0 Å². The van der Waals surface area contributed by atoms with Crippen molar-refractivity contribution in [3.8, 4) is 23.0 Å². The third-order valence-corrected chi connectivity index (χ3v) is 6.11. The van der Waals surface area contributed by atoms with E-state index in [0.717, 1.165) is 7.14 Å². The smallest absolute Gasteiger partial charge is 0.146 e. The fraction of sp³-hybridized carbons (Fsp3) is 0. The lowest BCUT2D eigenvalue weighted by Gasteiger charge is -2.12. The predicted octanol–water partition coefficient (Wildman–Crippen LogP) is 5.31. The van der Waals surface area contributed by atoms with E-state index in [1.165, 1.54) is 0 Å². The van der Waals surface area contributed by atoms with Gasteiger partial charge in [-0.1, -0.05) is 0 Å². The summed E-state index contributed by atoms with van der Waals surface area (Å²) in [6.45, 7) is 0. The Kier molecular flexibility index (Phi) is 5.67. The Morgan fingerprint density at radius 3 is 1.42 bits per heavy atom. The van der Waals surface area contributed by atoms with Gasteiger partial charge in [-0.25, -0.2) is 0 Å². The van der Waals surface area contributed by atoms with Gasteiger partial charge in [0.15, 0.2) is 0 Å². The first kappa shape index (κ1) is 16.1. The van der Waals surface area contributed by atoms with Crippen LogP contribution in [0.3, 0.4) is 0 Å². The van der Waals surface area contributed by atoms with Gasteiger partial charge in [-0.2, -0.15) is 0 Å². The van der Waals surface area contributed by atoms with Crippen molar-refractivity contribution in [3.63, 3.8) is 0 Å². The summed E-state index contributed by atoms with van der Waals surface area (Å²) in [6, 6.07) is 7.17. The molecule has 0 aliphatic carbocycles. The number of phenols is 2. The van der Waals surface area contributed by atoms with Gasteiger partial charge in [0.1, 0.15) is 23.0 Å². The number of rotatable bonds is 2. The van der Waals surface area contributed by atoms with Crippen molar-refractivity contribution in [2.45, 2.75) is 0 Å². The summed E-state index contributed by atoms with van der Waals surface area (Å²) in [5, 5.41) is 19.8. The first-order valence-corrected chi connectivity index (χ1v) is 9.25. The van der Waals surface area contributed by atoms with Crippen LogP contribution < -0.4 is 4.74 Å². The second kappa shape index (κ2) is 6.68. The summed E-state index contributed by atoms with van der Waals surface area (Å²) >= 11 is 8.20. The molecule has 0 aromatic heterocycles. The van der Waals surface area contributed by atoms with Crippen molar-refractivity contribution in [1.29, 1.82) is 0 Å². The fourth-order valence-corrected chi connectivity index (χ4v) is 4.41. The normalized spacial score (nSPS) is 10.5. The Morgan fingerprint density at radius 2 is 1.05 bits per heavy atom. The van der Waals surface area contributed by atoms with Crippen LogP contribution in [0.5, 0.6) is 23.0 Å². The molecular weight excluding hydrogens is 700 g/mol. The Labute approximate surface area is 164 Å². The molecule has 2 aromatic carbocycles. The third kappa shape index (κ3) is 3.51. The Bertz CT molecular complexity index is 588. The molecule has 3 nitrogen and oxygen atoms in total. The zero-order chi connectivity index (χ0) is 14.2. The van der Waals surface area contributed by atoms with Crippen molar-refractivity contribution < 1.29 is 14.9 Å². The van der Waals surface area contributed by atoms with Gasteiger partial charge < -0.3 is 14.9 Å². The Morgan fingerprint density at radius 1 is 0.684 bits per heavy atom. The molecule has 2 N–H and O–H groups in total. The van der Waals surface area contributed by atoms with Crippen LogP contribution in [0.15, 0.2) is 24.3 Å². The molecule has 0 aliphatic heterocycles. The second-order valence-corrected chi connectivity index (χ2v) is 8.00. The summed E-state index contributed by atoms with van der Waals surface area (Å²) < 4.78 is 8.62. The summed E-state index contributed by atoms with van der Waals surface area (Å²) in [4.78, 5) is 0. The molecule has 2 rings (SSSR count). The molecule has 2 aromatic rings. The molecule has 0 bridgehead atoms. The standard InChI is InChI=1S/C12H6I4O3/c13-5-1-3-7(9(15)11(5)17)19-8-4-2-6(14)12(18)10(8)16/h1-4,17-18H. The number of hydrogen-bond acceptors (Lipinski definition) is 3. The summed E-state index contributed by atoms with van der Waals surface area (Å²) in [7, 11) is 0. The second-order valence-electron chi connectivity index (χ2n) is 3.52. The maximum Gasteiger partial charge on any atom is 0.146 e. The Balaban J connectivity index is 2.43. The number of hydrogen-bond donors (Lipinski definition) is 2. The number of phenolic OH excluding ortho intramolecular Hbond substituents is 2. The highest BCUT2D eigenvalue weighted by molar-refractivity contribution is 14.1. The van der Waals surface area contributed by atoms with Gasteiger partial charge >= 0.3 is 0 Å². The molecule has 0 fully saturated rings. The zero-order valence-electron chi connectivity index (χ0n) is 9.12. The van der Waals surface area contributed by atoms with Gasteiger partial charge in [-0.3, -0.25) is 0 Å². The minimum Gasteiger partial charge on any atom is -0.506 e. The van der Waals surface area contributed by atoms with Crippen molar-refractivity contribution in [2.75, 3.05) is 0 Å². The van der Waals surface area contributed by atoms with Crippen molar-refractivity contribution in [1.82, 2.24) is 0 Å². The molecule has 0 aliphatic rings. The minimum absolute atomic E-state index is 0.212. The first-order chi connectivity index (χ1) is 8.91. The van der Waals surface area contributed by atoms with Crippen LogP contribution in [0.2, 0.25) is 0 Å². The molecule has 0 heterocycles. The van der Waals surface area contributed by atoms with E-state index < -0.39 is 0 Å². The topological polar surface area (TPSA) is 49.7 Å². The monoisotopic (exact) mass is 706 g/mol. The molecular formula is C12H6I4O3. The summed E-state index contributed by atoms with van der Waals surface area (Å²) in [5.41, 5.74) is 0. The van der Waals surface area contributed by atoms with Crippen molar-refractivity contribution in [2.24, 2.45) is 0 Å². The van der Waals surface area contributed by atoms with E-state index in [4.69, 9.17) is 4.74 Å². The van der Waals surface area contributed by atoms with E-state index in [1.807, 2.05) is 45.2 Å². The molecule has 0 radical (unpaired) electrons. The molecule has 0 saturated heterocycles. The highest BCUT2D eigenvalue weighted by Crippen LogP contribution is 2.39. The molecule has 0 spiro atoms. The number of ether oxygens (including phenoxy) is 1. The average Bonchev–Trinajstić information content (AvgIpc) is 2.39. The minimum atomic E-state index is 0.212. The molecule has 100 valence electrons. The maximum atomic E-state index is 9.89. The number of aromatic hydroxyl groups is 2. The summed E-state index contributed by atoms with van der Waals surface area (Å²) in [6.07, 6.45) is 0. The largest absolute Gasteiger partial charge is 0.506 e. The Hall–Kier alpha value is 0.760. The fourth-order valence-electron chi connectivity index (χ4n) is 1.32. The lowest BCUT2D eigenvalue weighted by atomic mass is 10.3. The number of halogens is 4. The van der Waals surface area contributed by atoms with Gasteiger partial charge in [0.05, 0.1) is 14.3 Å². The molecule has 0 unspecified atom stereocenters. The van der Waals surface area contributed by atoms with E-state index in [0.29, 0.717) is 18.6 Å². The highest BCUT2D eigenvalue weighted by atomic mass is 127. The molecule has 0 amide bonds. The van der Waals surface area contributed by atoms with Crippen LogP contribution in [0, 0.1) is 14.3 Å². The van der Waals surface area contributed by atoms with Crippen LogP contribution in [0.25, 0.3) is 0 Å². The zero-order valence-corrected chi connectivity index (χ0v) is 17.8. The lowest BCUT2D eigenvalue weighted by molar-refractivity contribution is 0.434. The van der Waals surface area contributed by atoms with Gasteiger partial charge in [0.2, 0.25) is 0 Å². The molecule has 0 atom stereocenters. The van der Waals surface area contributed by atoms with Gasteiger partial charge in [0, 0.05) is 0 Å².